The van der Waals surface area contributed by atoms with E-state index >= 15 is 0 Å². The van der Waals surface area contributed by atoms with Crippen molar-refractivity contribution in [3.63, 3.8) is 0 Å². The van der Waals surface area contributed by atoms with Crippen molar-refractivity contribution < 1.29 is 4.79 Å². The van der Waals surface area contributed by atoms with E-state index in [9.17, 15) is 4.79 Å². The van der Waals surface area contributed by atoms with Crippen molar-refractivity contribution in [2.75, 3.05) is 13.6 Å². The quantitative estimate of drug-likeness (QED) is 0.847. The van der Waals surface area contributed by atoms with Gasteiger partial charge in [0, 0.05) is 24.5 Å². The van der Waals surface area contributed by atoms with E-state index in [1.807, 2.05) is 42.8 Å². The van der Waals surface area contributed by atoms with Crippen LogP contribution in [-0.4, -0.2) is 24.5 Å². The molecule has 1 atom stereocenters. The van der Waals surface area contributed by atoms with Gasteiger partial charge in [-0.2, -0.15) is 0 Å². The van der Waals surface area contributed by atoms with E-state index in [0.29, 0.717) is 13.0 Å². The number of rotatable bonds is 6. The normalized spacial score (nSPS) is 12.1. The van der Waals surface area contributed by atoms with Crippen LogP contribution in [0.2, 0.25) is 0 Å². The zero-order valence-electron chi connectivity index (χ0n) is 10.8. The van der Waals surface area contributed by atoms with Crippen LogP contribution in [0.25, 0.3) is 0 Å². The summed E-state index contributed by atoms with van der Waals surface area (Å²) in [6, 6.07) is 9.75. The van der Waals surface area contributed by atoms with Crippen LogP contribution in [0.15, 0.2) is 41.9 Å². The van der Waals surface area contributed by atoms with Crippen LogP contribution in [-0.2, 0) is 4.79 Å². The monoisotopic (exact) mass is 275 g/mol. The lowest BCUT2D eigenvalue weighted by Crippen LogP contribution is -2.31. The molecule has 4 nitrogen and oxygen atoms in total. The molecular weight excluding hydrogens is 258 g/mol. The molecule has 0 aliphatic carbocycles. The second-order valence-electron chi connectivity index (χ2n) is 4.14. The second-order valence-corrected chi connectivity index (χ2v) is 5.06. The van der Waals surface area contributed by atoms with E-state index < -0.39 is 0 Å². The molecule has 0 aliphatic rings. The Morgan fingerprint density at radius 2 is 2.16 bits per heavy atom. The van der Waals surface area contributed by atoms with E-state index in [-0.39, 0.29) is 11.9 Å². The Balaban J connectivity index is 2.14. The molecule has 2 N–H and O–H groups in total. The predicted octanol–water partition coefficient (Wildman–Crippen LogP) is 1.96. The Bertz CT molecular complexity index is 499. The van der Waals surface area contributed by atoms with Gasteiger partial charge in [0.25, 0.3) is 0 Å². The molecule has 1 amide bonds. The number of hydrogen-bond acceptors (Lipinski definition) is 4. The van der Waals surface area contributed by atoms with Gasteiger partial charge in [-0.1, -0.05) is 30.3 Å². The highest BCUT2D eigenvalue weighted by Crippen LogP contribution is 2.23. The molecule has 2 aromatic rings. The summed E-state index contributed by atoms with van der Waals surface area (Å²) >= 11 is 1.55. The van der Waals surface area contributed by atoms with Crippen molar-refractivity contribution in [3.8, 4) is 0 Å². The number of aromatic nitrogens is 1. The van der Waals surface area contributed by atoms with Crippen molar-refractivity contribution in [2.24, 2.45) is 0 Å². The molecule has 1 heterocycles. The first kappa shape index (κ1) is 13.7. The number of thiazole rings is 1. The fourth-order valence-corrected chi connectivity index (χ4v) is 2.50. The number of nitrogens with zero attached hydrogens (tertiary/aromatic N) is 1. The molecule has 0 aliphatic heterocycles. The van der Waals surface area contributed by atoms with Crippen molar-refractivity contribution in [2.45, 2.75) is 12.5 Å². The molecule has 0 radical (unpaired) electrons. The number of amides is 1. The highest BCUT2D eigenvalue weighted by Gasteiger charge is 2.18. The standard InChI is InChI=1S/C14H17N3OS/c1-15-8-7-12(18)17-13(14-16-9-10-19-14)11-5-3-2-4-6-11/h2-6,9-10,13,15H,7-8H2,1H3,(H,17,18). The smallest absolute Gasteiger partial charge is 0.222 e. The minimum Gasteiger partial charge on any atom is -0.343 e. The third-order valence-corrected chi connectivity index (χ3v) is 3.58. The lowest BCUT2D eigenvalue weighted by molar-refractivity contribution is -0.121. The third-order valence-electron chi connectivity index (χ3n) is 2.74. The molecule has 19 heavy (non-hydrogen) atoms. The summed E-state index contributed by atoms with van der Waals surface area (Å²) < 4.78 is 0. The van der Waals surface area contributed by atoms with E-state index in [1.165, 1.54) is 0 Å². The number of carbonyl (C=O) groups excluding carboxylic acids is 1. The van der Waals surface area contributed by atoms with E-state index in [1.54, 1.807) is 17.5 Å². The van der Waals surface area contributed by atoms with E-state index in [0.717, 1.165) is 10.6 Å². The van der Waals surface area contributed by atoms with Crippen molar-refractivity contribution in [3.05, 3.63) is 52.5 Å². The zero-order chi connectivity index (χ0) is 13.5. The molecule has 0 saturated carbocycles. The minimum atomic E-state index is -0.162. The lowest BCUT2D eigenvalue weighted by Gasteiger charge is -2.17. The van der Waals surface area contributed by atoms with Crippen molar-refractivity contribution >= 4 is 17.2 Å². The highest BCUT2D eigenvalue weighted by atomic mass is 32.1. The fourth-order valence-electron chi connectivity index (χ4n) is 1.78. The summed E-state index contributed by atoms with van der Waals surface area (Å²) in [4.78, 5) is 16.2. The van der Waals surface area contributed by atoms with Crippen LogP contribution in [0.5, 0.6) is 0 Å². The van der Waals surface area contributed by atoms with E-state index in [2.05, 4.69) is 15.6 Å². The molecule has 2 rings (SSSR count). The molecule has 0 bridgehead atoms. The van der Waals surface area contributed by atoms with Crippen molar-refractivity contribution in [1.82, 2.24) is 15.6 Å². The number of hydrogen-bond donors (Lipinski definition) is 2. The van der Waals surface area contributed by atoms with Crippen LogP contribution in [0, 0.1) is 0 Å². The van der Waals surface area contributed by atoms with Crippen LogP contribution in [0.1, 0.15) is 23.0 Å². The van der Waals surface area contributed by atoms with Crippen LogP contribution >= 0.6 is 11.3 Å². The van der Waals surface area contributed by atoms with E-state index in [4.69, 9.17) is 0 Å². The predicted molar refractivity (Wildman–Crippen MR) is 77.1 cm³/mol. The molecule has 0 fully saturated rings. The second kappa shape index (κ2) is 7.01. The van der Waals surface area contributed by atoms with Gasteiger partial charge in [-0.05, 0) is 12.6 Å². The van der Waals surface area contributed by atoms with Crippen LogP contribution < -0.4 is 10.6 Å². The molecule has 5 heteroatoms. The first-order valence-corrected chi connectivity index (χ1v) is 7.07. The summed E-state index contributed by atoms with van der Waals surface area (Å²) in [5.74, 6) is 0.0263. The maximum atomic E-state index is 11.9. The van der Waals surface area contributed by atoms with Gasteiger partial charge in [-0.15, -0.1) is 11.3 Å². The van der Waals surface area contributed by atoms with Gasteiger partial charge in [-0.3, -0.25) is 4.79 Å². The molecule has 1 aromatic carbocycles. The number of benzene rings is 1. The Morgan fingerprint density at radius 1 is 1.37 bits per heavy atom. The average Bonchev–Trinajstić information content (AvgIpc) is 2.97. The zero-order valence-corrected chi connectivity index (χ0v) is 11.6. The van der Waals surface area contributed by atoms with Gasteiger partial charge in [0.05, 0.1) is 0 Å². The van der Waals surface area contributed by atoms with Gasteiger partial charge in [0.1, 0.15) is 11.0 Å². The maximum Gasteiger partial charge on any atom is 0.222 e. The fraction of sp³-hybridized carbons (Fsp3) is 0.286. The largest absolute Gasteiger partial charge is 0.343 e. The molecule has 100 valence electrons. The summed E-state index contributed by atoms with van der Waals surface area (Å²) in [7, 11) is 1.84. The van der Waals surface area contributed by atoms with Gasteiger partial charge in [-0.25, -0.2) is 4.98 Å². The molecule has 1 unspecified atom stereocenters. The Morgan fingerprint density at radius 3 is 2.79 bits per heavy atom. The molecular formula is C14H17N3OS. The van der Waals surface area contributed by atoms with Crippen molar-refractivity contribution in [1.29, 1.82) is 0 Å². The summed E-state index contributed by atoms with van der Waals surface area (Å²) in [6.45, 7) is 0.672. The Labute approximate surface area is 116 Å². The topological polar surface area (TPSA) is 54.0 Å². The van der Waals surface area contributed by atoms with Gasteiger partial charge >= 0.3 is 0 Å². The maximum absolute atomic E-state index is 11.9. The summed E-state index contributed by atoms with van der Waals surface area (Å²) in [5, 5.41) is 8.84. The van der Waals surface area contributed by atoms with Crippen LogP contribution in [0.3, 0.4) is 0 Å². The first-order valence-electron chi connectivity index (χ1n) is 6.19. The molecule has 1 aromatic heterocycles. The summed E-state index contributed by atoms with van der Waals surface area (Å²) in [6.07, 6.45) is 2.22. The summed E-state index contributed by atoms with van der Waals surface area (Å²) in [5.41, 5.74) is 1.05. The number of nitrogens with one attached hydrogen (secondary N) is 2. The highest BCUT2D eigenvalue weighted by molar-refractivity contribution is 7.09. The molecule has 0 saturated heterocycles. The minimum absolute atomic E-state index is 0.0263. The Kier molecular flexibility index (Phi) is 5.06. The van der Waals surface area contributed by atoms with Crippen LogP contribution in [0.4, 0.5) is 0 Å². The number of carbonyl (C=O) groups is 1. The third kappa shape index (κ3) is 3.87. The molecule has 0 spiro atoms. The van der Waals surface area contributed by atoms with Gasteiger partial charge in [0.2, 0.25) is 5.91 Å². The first-order chi connectivity index (χ1) is 9.31. The lowest BCUT2D eigenvalue weighted by atomic mass is 10.1. The van der Waals surface area contributed by atoms with Gasteiger partial charge < -0.3 is 10.6 Å². The van der Waals surface area contributed by atoms with Gasteiger partial charge in [0.15, 0.2) is 0 Å². The SMILES string of the molecule is CNCCC(=O)NC(c1ccccc1)c1nccs1. The average molecular weight is 275 g/mol. The Hall–Kier alpha value is -1.72.